The molecule has 2 rings (SSSR count). The summed E-state index contributed by atoms with van der Waals surface area (Å²) < 4.78 is 26.9. The molecule has 5 nitrogen and oxygen atoms in total. The maximum atomic E-state index is 12.1. The van der Waals surface area contributed by atoms with Crippen LogP contribution in [0.2, 0.25) is 0 Å². The molecule has 1 fully saturated rings. The molecule has 100 valence electrons. The van der Waals surface area contributed by atoms with Crippen molar-refractivity contribution >= 4 is 10.0 Å². The van der Waals surface area contributed by atoms with Gasteiger partial charge in [0.05, 0.1) is 17.5 Å². The zero-order chi connectivity index (χ0) is 13.0. The lowest BCUT2D eigenvalue weighted by Gasteiger charge is -2.22. The fraction of sp³-hybridized carbons (Fsp3) is 0.583. The Hall–Kier alpha value is -0.980. The molecule has 1 aromatic heterocycles. The van der Waals surface area contributed by atoms with E-state index in [1.807, 2.05) is 19.1 Å². The summed E-state index contributed by atoms with van der Waals surface area (Å²) in [6.45, 7) is 3.75. The highest BCUT2D eigenvalue weighted by Gasteiger charge is 2.26. The molecule has 1 aliphatic heterocycles. The third-order valence-electron chi connectivity index (χ3n) is 3.28. The molecule has 0 aliphatic carbocycles. The molecule has 6 heteroatoms. The molecule has 2 heterocycles. The van der Waals surface area contributed by atoms with Gasteiger partial charge in [-0.05, 0) is 44.5 Å². The van der Waals surface area contributed by atoms with Gasteiger partial charge in [0.1, 0.15) is 0 Å². The number of rotatable bonds is 4. The first-order valence-corrected chi connectivity index (χ1v) is 7.74. The molecule has 0 saturated carbocycles. The van der Waals surface area contributed by atoms with E-state index < -0.39 is 10.0 Å². The maximum absolute atomic E-state index is 12.1. The first kappa shape index (κ1) is 13.5. The maximum Gasteiger partial charge on any atom is 0.214 e. The van der Waals surface area contributed by atoms with E-state index in [1.54, 1.807) is 6.20 Å². The summed E-state index contributed by atoms with van der Waals surface area (Å²) in [6.07, 6.45) is 3.04. The zero-order valence-corrected chi connectivity index (χ0v) is 11.3. The molecule has 0 unspecified atom stereocenters. The van der Waals surface area contributed by atoms with Crippen molar-refractivity contribution in [3.05, 3.63) is 29.6 Å². The first-order chi connectivity index (χ1) is 8.59. The molecular weight excluding hydrogens is 250 g/mol. The van der Waals surface area contributed by atoms with Gasteiger partial charge in [0.2, 0.25) is 10.0 Å². The van der Waals surface area contributed by atoms with Gasteiger partial charge in [0.25, 0.3) is 0 Å². The molecule has 0 atom stereocenters. The minimum absolute atomic E-state index is 0.275. The van der Waals surface area contributed by atoms with Crippen LogP contribution in [0, 0.1) is 6.92 Å². The topological polar surface area (TPSA) is 71.1 Å². The summed E-state index contributed by atoms with van der Waals surface area (Å²) in [4.78, 5) is 4.19. The molecule has 2 N–H and O–H groups in total. The lowest BCUT2D eigenvalue weighted by Crippen LogP contribution is -2.41. The predicted octanol–water partition coefficient (Wildman–Crippen LogP) is 0.561. The van der Waals surface area contributed by atoms with Crippen molar-refractivity contribution in [3.8, 4) is 0 Å². The number of piperidine rings is 1. The van der Waals surface area contributed by atoms with Crippen LogP contribution in [0.25, 0.3) is 0 Å². The number of aromatic nitrogens is 1. The van der Waals surface area contributed by atoms with Crippen molar-refractivity contribution in [3.63, 3.8) is 0 Å². The van der Waals surface area contributed by atoms with Gasteiger partial charge in [-0.25, -0.2) is 13.1 Å². The van der Waals surface area contributed by atoms with Crippen LogP contribution in [0.15, 0.2) is 18.3 Å². The highest BCUT2D eigenvalue weighted by molar-refractivity contribution is 7.90. The third kappa shape index (κ3) is 3.28. The van der Waals surface area contributed by atoms with Gasteiger partial charge in [-0.1, -0.05) is 6.07 Å². The summed E-state index contributed by atoms with van der Waals surface area (Å²) in [6, 6.07) is 3.78. The fourth-order valence-electron chi connectivity index (χ4n) is 2.10. The number of aryl methyl sites for hydroxylation is 1. The SMILES string of the molecule is Cc1cccnc1CNS(=O)(=O)C1CCNCC1. The van der Waals surface area contributed by atoms with Crippen LogP contribution in [0.1, 0.15) is 24.1 Å². The molecule has 1 aliphatic rings. The number of nitrogens with one attached hydrogen (secondary N) is 2. The molecule has 0 radical (unpaired) electrons. The van der Waals surface area contributed by atoms with E-state index in [4.69, 9.17) is 0 Å². The van der Waals surface area contributed by atoms with Crippen LogP contribution >= 0.6 is 0 Å². The smallest absolute Gasteiger partial charge is 0.214 e. The second-order valence-electron chi connectivity index (χ2n) is 4.58. The summed E-state index contributed by atoms with van der Waals surface area (Å²) in [5, 5.41) is 2.89. The quantitative estimate of drug-likeness (QED) is 0.838. The average Bonchev–Trinajstić information content (AvgIpc) is 2.39. The van der Waals surface area contributed by atoms with Crippen molar-refractivity contribution in [2.45, 2.75) is 31.6 Å². The second-order valence-corrected chi connectivity index (χ2v) is 6.63. The van der Waals surface area contributed by atoms with E-state index in [1.165, 1.54) is 0 Å². The van der Waals surface area contributed by atoms with E-state index >= 15 is 0 Å². The Bertz CT molecular complexity index is 496. The first-order valence-electron chi connectivity index (χ1n) is 6.19. The van der Waals surface area contributed by atoms with Gasteiger partial charge in [0, 0.05) is 6.20 Å². The molecule has 1 saturated heterocycles. The normalized spacial score (nSPS) is 17.8. The van der Waals surface area contributed by atoms with Crippen LogP contribution in [0.4, 0.5) is 0 Å². The Balaban J connectivity index is 1.98. The van der Waals surface area contributed by atoms with E-state index in [0.29, 0.717) is 12.8 Å². The van der Waals surface area contributed by atoms with E-state index in [2.05, 4.69) is 15.0 Å². The van der Waals surface area contributed by atoms with Gasteiger partial charge in [-0.15, -0.1) is 0 Å². The van der Waals surface area contributed by atoms with Crippen molar-refractivity contribution in [1.82, 2.24) is 15.0 Å². The standard InChI is InChI=1S/C12H19N3O2S/c1-10-3-2-6-14-12(10)9-15-18(16,17)11-4-7-13-8-5-11/h2-3,6,11,13,15H,4-5,7-9H2,1H3. The summed E-state index contributed by atoms with van der Waals surface area (Å²) in [5.74, 6) is 0. The molecule has 1 aromatic rings. The van der Waals surface area contributed by atoms with Crippen molar-refractivity contribution in [2.75, 3.05) is 13.1 Å². The van der Waals surface area contributed by atoms with Crippen LogP contribution in [-0.4, -0.2) is 31.7 Å². The molecular formula is C12H19N3O2S. The lowest BCUT2D eigenvalue weighted by atomic mass is 10.2. The van der Waals surface area contributed by atoms with Gasteiger partial charge >= 0.3 is 0 Å². The second kappa shape index (κ2) is 5.77. The van der Waals surface area contributed by atoms with Crippen molar-refractivity contribution in [1.29, 1.82) is 0 Å². The molecule has 18 heavy (non-hydrogen) atoms. The highest BCUT2D eigenvalue weighted by Crippen LogP contribution is 2.13. The largest absolute Gasteiger partial charge is 0.317 e. The highest BCUT2D eigenvalue weighted by atomic mass is 32.2. The van der Waals surface area contributed by atoms with Gasteiger partial charge in [-0.3, -0.25) is 4.98 Å². The van der Waals surface area contributed by atoms with Crippen molar-refractivity contribution < 1.29 is 8.42 Å². The Labute approximate surface area is 108 Å². The Morgan fingerprint density at radius 1 is 1.44 bits per heavy atom. The van der Waals surface area contributed by atoms with E-state index in [0.717, 1.165) is 24.3 Å². The number of hydrogen-bond acceptors (Lipinski definition) is 4. The van der Waals surface area contributed by atoms with E-state index in [9.17, 15) is 8.42 Å². The number of pyridine rings is 1. The Morgan fingerprint density at radius 2 is 2.17 bits per heavy atom. The average molecular weight is 269 g/mol. The Morgan fingerprint density at radius 3 is 2.83 bits per heavy atom. The lowest BCUT2D eigenvalue weighted by molar-refractivity contribution is 0.489. The van der Waals surface area contributed by atoms with Gasteiger partial charge < -0.3 is 5.32 Å². The molecule has 0 aromatic carbocycles. The van der Waals surface area contributed by atoms with Crippen LogP contribution in [-0.2, 0) is 16.6 Å². The monoisotopic (exact) mass is 269 g/mol. The van der Waals surface area contributed by atoms with Crippen LogP contribution in [0.5, 0.6) is 0 Å². The fourth-order valence-corrected chi connectivity index (χ4v) is 3.53. The Kier molecular flexibility index (Phi) is 4.31. The van der Waals surface area contributed by atoms with Gasteiger partial charge in [-0.2, -0.15) is 0 Å². The van der Waals surface area contributed by atoms with Crippen LogP contribution < -0.4 is 10.0 Å². The van der Waals surface area contributed by atoms with Crippen molar-refractivity contribution in [2.24, 2.45) is 0 Å². The third-order valence-corrected chi connectivity index (χ3v) is 5.18. The van der Waals surface area contributed by atoms with E-state index in [-0.39, 0.29) is 11.8 Å². The number of sulfonamides is 1. The minimum Gasteiger partial charge on any atom is -0.317 e. The summed E-state index contributed by atoms with van der Waals surface area (Å²) in [5.41, 5.74) is 1.79. The minimum atomic E-state index is -3.23. The van der Waals surface area contributed by atoms with Gasteiger partial charge in [0.15, 0.2) is 0 Å². The summed E-state index contributed by atoms with van der Waals surface area (Å²) >= 11 is 0. The number of hydrogen-bond donors (Lipinski definition) is 2. The predicted molar refractivity (Wildman–Crippen MR) is 70.6 cm³/mol. The molecule has 0 bridgehead atoms. The zero-order valence-electron chi connectivity index (χ0n) is 10.5. The molecule has 0 spiro atoms. The summed E-state index contributed by atoms with van der Waals surface area (Å²) in [7, 11) is -3.23. The number of nitrogens with zero attached hydrogens (tertiary/aromatic N) is 1. The molecule has 0 amide bonds. The van der Waals surface area contributed by atoms with Crippen LogP contribution in [0.3, 0.4) is 0 Å².